The second-order valence-corrected chi connectivity index (χ2v) is 16.9. The summed E-state index contributed by atoms with van der Waals surface area (Å²) in [6, 6.07) is 29.5. The van der Waals surface area contributed by atoms with E-state index in [1.807, 2.05) is 54.6 Å². The van der Waals surface area contributed by atoms with Crippen LogP contribution in [0.4, 0.5) is 23.7 Å². The molecule has 7 nitrogen and oxygen atoms in total. The Hall–Kier alpha value is -4.97. The average molecular weight is 797 g/mol. The molecule has 11 heteroatoms. The Kier molecular flexibility index (Phi) is 11.6. The molecule has 0 saturated heterocycles. The van der Waals surface area contributed by atoms with Gasteiger partial charge in [0, 0.05) is 27.9 Å². The number of hydrogen-bond donors (Lipinski definition) is 3. The summed E-state index contributed by atoms with van der Waals surface area (Å²) in [5.41, 5.74) is 2.22. The molecule has 0 unspecified atom stereocenters. The number of rotatable bonds is 8. The van der Waals surface area contributed by atoms with E-state index in [1.165, 1.54) is 40.5 Å². The summed E-state index contributed by atoms with van der Waals surface area (Å²) in [6.07, 6.45) is 0.483. The molecule has 1 saturated carbocycles. The second-order valence-electron chi connectivity index (χ2n) is 15.8. The van der Waals surface area contributed by atoms with Gasteiger partial charge in [0.25, 0.3) is 0 Å². The molecule has 1 heterocycles. The topological polar surface area (TPSA) is 99.1 Å². The monoisotopic (exact) mass is 796 g/mol. The molecule has 8 rings (SSSR count). The number of benzene rings is 4. The van der Waals surface area contributed by atoms with E-state index in [1.54, 1.807) is 24.3 Å². The lowest BCUT2D eigenvalue weighted by atomic mass is 9.64. The Morgan fingerprint density at radius 2 is 1.68 bits per heavy atom. The molecule has 4 aromatic carbocycles. The second kappa shape index (κ2) is 16.5. The highest BCUT2D eigenvalue weighted by Gasteiger charge is 2.57. The molecular weight excluding hydrogens is 750 g/mol. The number of ether oxygens (including phenoxy) is 1. The molecule has 3 aliphatic rings. The maximum atomic E-state index is 14.6. The van der Waals surface area contributed by atoms with Crippen LogP contribution in [-0.4, -0.2) is 51.5 Å². The molecule has 57 heavy (non-hydrogen) atoms. The van der Waals surface area contributed by atoms with Gasteiger partial charge in [-0.15, -0.1) is 24.5 Å². The number of hydrogen-bond acceptors (Lipinski definition) is 6. The molecule has 3 aliphatic carbocycles. The van der Waals surface area contributed by atoms with Crippen molar-refractivity contribution in [2.75, 3.05) is 11.9 Å². The van der Waals surface area contributed by atoms with Crippen LogP contribution in [0, 0.1) is 5.41 Å². The highest BCUT2D eigenvalue weighted by molar-refractivity contribution is 7.21. The number of nitrogens with zero attached hydrogens (tertiary/aromatic N) is 1. The van der Waals surface area contributed by atoms with Crippen LogP contribution in [-0.2, 0) is 13.0 Å². The number of amides is 2. The third kappa shape index (κ3) is 9.11. The van der Waals surface area contributed by atoms with Gasteiger partial charge in [0.15, 0.2) is 0 Å². The van der Waals surface area contributed by atoms with E-state index >= 15 is 0 Å². The molecule has 5 aromatic rings. The molecule has 0 spiro atoms. The number of aliphatic hydroxyl groups is 2. The van der Waals surface area contributed by atoms with Crippen molar-refractivity contribution in [1.29, 1.82) is 0 Å². The summed E-state index contributed by atoms with van der Waals surface area (Å²) in [5.74, 6) is -0.754. The lowest BCUT2D eigenvalue weighted by molar-refractivity contribution is -0.274. The predicted octanol–water partition coefficient (Wildman–Crippen LogP) is 10.8. The van der Waals surface area contributed by atoms with Gasteiger partial charge in [0.05, 0.1) is 23.1 Å². The zero-order valence-corrected chi connectivity index (χ0v) is 32.8. The van der Waals surface area contributed by atoms with Gasteiger partial charge in [-0.2, -0.15) is 0 Å². The minimum atomic E-state index is -4.84. The number of thiophene rings is 1. The molecule has 3 N–H and O–H groups in total. The lowest BCUT2D eigenvalue weighted by Gasteiger charge is -2.46. The molecule has 298 valence electrons. The number of allylic oxidation sites excluding steroid dienone is 2. The number of halogens is 3. The average Bonchev–Trinajstić information content (AvgIpc) is 3.72. The van der Waals surface area contributed by atoms with Crippen molar-refractivity contribution in [1.82, 2.24) is 4.90 Å². The normalized spacial score (nSPS) is 22.7. The molecule has 1 fully saturated rings. The maximum absolute atomic E-state index is 14.6. The molecule has 1 aromatic heterocycles. The first-order chi connectivity index (χ1) is 27.2. The van der Waals surface area contributed by atoms with Crippen LogP contribution in [0.5, 0.6) is 5.75 Å². The number of para-hydroxylation sites is 1. The first kappa shape index (κ1) is 40.2. The van der Waals surface area contributed by atoms with Gasteiger partial charge in [-0.05, 0) is 122 Å². The fourth-order valence-corrected chi connectivity index (χ4v) is 9.70. The molecule has 2 bridgehead atoms. The molecule has 0 aliphatic heterocycles. The number of urea groups is 1. The van der Waals surface area contributed by atoms with Gasteiger partial charge in [0.1, 0.15) is 5.75 Å². The Morgan fingerprint density at radius 3 is 2.42 bits per heavy atom. The van der Waals surface area contributed by atoms with Crippen molar-refractivity contribution in [3.8, 4) is 5.75 Å². The van der Waals surface area contributed by atoms with Crippen LogP contribution in [0.15, 0.2) is 115 Å². The summed E-state index contributed by atoms with van der Waals surface area (Å²) < 4.78 is 43.9. The summed E-state index contributed by atoms with van der Waals surface area (Å²) in [5, 5.41) is 28.0. The van der Waals surface area contributed by atoms with Crippen molar-refractivity contribution < 1.29 is 37.7 Å². The van der Waals surface area contributed by atoms with E-state index in [0.717, 1.165) is 26.8 Å². The Bertz CT molecular complexity index is 2220. The zero-order valence-electron chi connectivity index (χ0n) is 32.0. The fourth-order valence-electron chi connectivity index (χ4n) is 8.68. The van der Waals surface area contributed by atoms with E-state index in [9.17, 15) is 33.0 Å². The van der Waals surface area contributed by atoms with Crippen LogP contribution >= 0.6 is 11.3 Å². The van der Waals surface area contributed by atoms with Crippen LogP contribution in [0.25, 0.3) is 10.1 Å². The fraction of sp³-hybridized carbons (Fsp3) is 0.348. The van der Waals surface area contributed by atoms with Gasteiger partial charge in [-0.25, -0.2) is 4.79 Å². The van der Waals surface area contributed by atoms with Crippen molar-refractivity contribution in [2.24, 2.45) is 5.41 Å². The van der Waals surface area contributed by atoms with Crippen LogP contribution in [0.3, 0.4) is 0 Å². The number of carbonyl (C=O) groups is 2. The van der Waals surface area contributed by atoms with Crippen molar-refractivity contribution in [3.05, 3.63) is 142 Å². The van der Waals surface area contributed by atoms with Crippen molar-refractivity contribution in [2.45, 2.75) is 89.3 Å². The number of alkyl halides is 3. The smallest absolute Gasteiger partial charge is 0.406 e. The van der Waals surface area contributed by atoms with E-state index < -0.39 is 29.5 Å². The van der Waals surface area contributed by atoms with Gasteiger partial charge in [-0.3, -0.25) is 4.79 Å². The first-order valence-electron chi connectivity index (χ1n) is 19.4. The van der Waals surface area contributed by atoms with Crippen molar-refractivity contribution in [3.63, 3.8) is 0 Å². The maximum Gasteiger partial charge on any atom is 0.573 e. The highest BCUT2D eigenvalue weighted by atomic mass is 32.1. The Balaban J connectivity index is 1.28. The molecule has 4 atom stereocenters. The van der Waals surface area contributed by atoms with E-state index in [-0.39, 0.29) is 30.5 Å². The van der Waals surface area contributed by atoms with Gasteiger partial charge in [0.2, 0.25) is 5.78 Å². The number of anilines is 1. The number of carbonyl (C=O) groups excluding carboxylic acids is 2. The van der Waals surface area contributed by atoms with Gasteiger partial charge in [-0.1, -0.05) is 79.2 Å². The van der Waals surface area contributed by atoms with E-state index in [4.69, 9.17) is 0 Å². The number of aliphatic hydroxyl groups excluding tert-OH is 1. The summed E-state index contributed by atoms with van der Waals surface area (Å²) in [6.45, 7) is 4.03. The van der Waals surface area contributed by atoms with Gasteiger partial charge >= 0.3 is 12.4 Å². The van der Waals surface area contributed by atoms with Gasteiger partial charge < -0.3 is 25.2 Å². The van der Waals surface area contributed by atoms with E-state index in [0.29, 0.717) is 66.6 Å². The molecule has 2 amide bonds. The SMILES string of the molecule is CC1=CCC[C@@]2(C)[C@@H](CC[C@@]2(O)CN(Cc2ccc(OC(F)(F)F)cc2)C(=O)Nc2ccccc2)c2ccc(cc2C(=O)c2cc3ccccc3s2)C[C@@H](O)CC1. The highest BCUT2D eigenvalue weighted by Crippen LogP contribution is 2.59. The third-order valence-corrected chi connectivity index (χ3v) is 13.0. The minimum absolute atomic E-state index is 0.000269. The van der Waals surface area contributed by atoms with Crippen LogP contribution < -0.4 is 10.1 Å². The quantitative estimate of drug-likeness (QED) is 0.107. The number of fused-ring (bicyclic) bond motifs is 9. The molecular formula is C46H47F3N2O5S. The molecule has 0 radical (unpaired) electrons. The number of nitrogens with one attached hydrogen (secondary N) is 1. The zero-order chi connectivity index (χ0) is 40.4. The van der Waals surface area contributed by atoms with E-state index in [2.05, 4.69) is 30.0 Å². The summed E-state index contributed by atoms with van der Waals surface area (Å²) in [7, 11) is 0. The van der Waals surface area contributed by atoms with Crippen LogP contribution in [0.1, 0.15) is 90.2 Å². The van der Waals surface area contributed by atoms with Crippen molar-refractivity contribution >= 4 is 38.9 Å². The third-order valence-electron chi connectivity index (χ3n) is 11.9. The predicted molar refractivity (Wildman–Crippen MR) is 218 cm³/mol. The minimum Gasteiger partial charge on any atom is -0.406 e. The summed E-state index contributed by atoms with van der Waals surface area (Å²) >= 11 is 1.44. The lowest BCUT2D eigenvalue weighted by Crippen LogP contribution is -2.54. The Morgan fingerprint density at radius 1 is 0.947 bits per heavy atom. The number of ketones is 1. The van der Waals surface area contributed by atoms with Crippen LogP contribution in [0.2, 0.25) is 0 Å². The Labute approximate surface area is 334 Å². The standard InChI is InChI=1S/C46H47F3N2O5S/c1-30-9-8-23-44(2)39(37-21-17-32(25-35(52)18-14-30)26-38(37)42(53)41-27-33-10-6-7-13-40(33)57-41)22-24-45(44,55)29-51(43(54)50-34-11-4-3-5-12-34)28-31-15-19-36(20-16-31)56-46(47,48)49/h3-7,9-13,15-17,19-21,26-27,35,39,52,55H,8,14,18,22-25,28-29H2,1-2H3,(H,50,54)/t35-,39-,44-,45+/m0/s1. The summed E-state index contributed by atoms with van der Waals surface area (Å²) in [4.78, 5) is 30.9. The first-order valence-corrected chi connectivity index (χ1v) is 20.2. The largest absolute Gasteiger partial charge is 0.573 e.